The van der Waals surface area contributed by atoms with Crippen LogP contribution in [0.15, 0.2) is 30.3 Å². The first-order valence-electron chi connectivity index (χ1n) is 8.50. The summed E-state index contributed by atoms with van der Waals surface area (Å²) in [5.74, 6) is 1.84. The Morgan fingerprint density at radius 3 is 2.48 bits per heavy atom. The van der Waals surface area contributed by atoms with Gasteiger partial charge < -0.3 is 10.5 Å². The number of rotatable bonds is 6. The van der Waals surface area contributed by atoms with Gasteiger partial charge in [-0.05, 0) is 62.5 Å². The molecule has 0 radical (unpaired) electrons. The van der Waals surface area contributed by atoms with Crippen molar-refractivity contribution in [2.45, 2.75) is 64.6 Å². The van der Waals surface area contributed by atoms with Crippen LogP contribution in [0.25, 0.3) is 0 Å². The molecular weight excluding hydrogens is 258 g/mol. The Labute approximate surface area is 130 Å². The van der Waals surface area contributed by atoms with Crippen LogP contribution in [0.5, 0.6) is 0 Å². The molecule has 1 aromatic rings. The summed E-state index contributed by atoms with van der Waals surface area (Å²) in [6, 6.07) is 10.9. The van der Waals surface area contributed by atoms with E-state index in [9.17, 15) is 0 Å². The van der Waals surface area contributed by atoms with Crippen molar-refractivity contribution in [1.82, 2.24) is 0 Å². The minimum absolute atomic E-state index is 0.322. The fourth-order valence-corrected chi connectivity index (χ4v) is 3.67. The summed E-state index contributed by atoms with van der Waals surface area (Å²) in [6.07, 6.45) is 5.33. The second-order valence-electron chi connectivity index (χ2n) is 7.03. The SMILES string of the molecule is CC(C)CC(C)OC1CC(c2ccccc2)CCC1CN. The molecule has 4 unspecified atom stereocenters. The summed E-state index contributed by atoms with van der Waals surface area (Å²) < 4.78 is 6.38. The molecule has 21 heavy (non-hydrogen) atoms. The molecule has 1 saturated carbocycles. The lowest BCUT2D eigenvalue weighted by atomic mass is 9.76. The van der Waals surface area contributed by atoms with Crippen molar-refractivity contribution in [3.05, 3.63) is 35.9 Å². The molecule has 2 heteroatoms. The number of hydrogen-bond donors (Lipinski definition) is 1. The Bertz CT molecular complexity index is 403. The van der Waals surface area contributed by atoms with E-state index in [4.69, 9.17) is 10.5 Å². The highest BCUT2D eigenvalue weighted by atomic mass is 16.5. The molecule has 0 spiro atoms. The standard InChI is InChI=1S/C19H31NO/c1-14(2)11-15(3)21-19-12-17(9-10-18(19)13-20)16-7-5-4-6-8-16/h4-8,14-15,17-19H,9-13,20H2,1-3H3. The molecule has 0 aliphatic heterocycles. The maximum Gasteiger partial charge on any atom is 0.0624 e. The molecule has 0 saturated heterocycles. The van der Waals surface area contributed by atoms with Crippen molar-refractivity contribution in [2.24, 2.45) is 17.6 Å². The zero-order chi connectivity index (χ0) is 15.2. The number of nitrogens with two attached hydrogens (primary N) is 1. The van der Waals surface area contributed by atoms with Crippen LogP contribution < -0.4 is 5.73 Å². The molecule has 118 valence electrons. The quantitative estimate of drug-likeness (QED) is 0.845. The minimum atomic E-state index is 0.322. The van der Waals surface area contributed by atoms with Crippen LogP contribution >= 0.6 is 0 Å². The van der Waals surface area contributed by atoms with Gasteiger partial charge >= 0.3 is 0 Å². The van der Waals surface area contributed by atoms with Gasteiger partial charge in [0, 0.05) is 0 Å². The van der Waals surface area contributed by atoms with E-state index in [2.05, 4.69) is 51.1 Å². The van der Waals surface area contributed by atoms with Crippen molar-refractivity contribution in [3.63, 3.8) is 0 Å². The predicted octanol–water partition coefficient (Wildman–Crippen LogP) is 4.35. The molecule has 1 aliphatic carbocycles. The number of ether oxygens (including phenoxy) is 1. The summed E-state index contributed by atoms with van der Waals surface area (Å²) >= 11 is 0. The van der Waals surface area contributed by atoms with E-state index in [-0.39, 0.29) is 0 Å². The highest BCUT2D eigenvalue weighted by Gasteiger charge is 2.32. The van der Waals surface area contributed by atoms with Gasteiger partial charge in [-0.2, -0.15) is 0 Å². The first kappa shape index (κ1) is 16.5. The van der Waals surface area contributed by atoms with Crippen LogP contribution in [0, 0.1) is 11.8 Å². The van der Waals surface area contributed by atoms with E-state index in [1.807, 2.05) is 0 Å². The van der Waals surface area contributed by atoms with Crippen LogP contribution in [0.2, 0.25) is 0 Å². The zero-order valence-electron chi connectivity index (χ0n) is 13.8. The van der Waals surface area contributed by atoms with Crippen molar-refractivity contribution in [3.8, 4) is 0 Å². The average molecular weight is 289 g/mol. The minimum Gasteiger partial charge on any atom is -0.375 e. The lowest BCUT2D eigenvalue weighted by Gasteiger charge is -2.37. The summed E-state index contributed by atoms with van der Waals surface area (Å²) in [5, 5.41) is 0. The summed E-state index contributed by atoms with van der Waals surface area (Å²) in [4.78, 5) is 0. The Morgan fingerprint density at radius 1 is 1.14 bits per heavy atom. The van der Waals surface area contributed by atoms with Gasteiger partial charge in [0.1, 0.15) is 0 Å². The molecule has 0 aromatic heterocycles. The molecule has 0 bridgehead atoms. The molecule has 0 heterocycles. The Kier molecular flexibility index (Phi) is 6.25. The average Bonchev–Trinajstić information content (AvgIpc) is 2.47. The lowest BCUT2D eigenvalue weighted by Crippen LogP contribution is -2.37. The maximum atomic E-state index is 6.38. The first-order chi connectivity index (χ1) is 10.1. The van der Waals surface area contributed by atoms with Crippen molar-refractivity contribution in [2.75, 3.05) is 6.54 Å². The molecule has 2 nitrogen and oxygen atoms in total. The summed E-state index contributed by atoms with van der Waals surface area (Å²) in [5.41, 5.74) is 7.43. The normalized spacial score (nSPS) is 27.8. The van der Waals surface area contributed by atoms with E-state index in [1.165, 1.54) is 18.4 Å². The Hall–Kier alpha value is -0.860. The molecule has 2 rings (SSSR count). The van der Waals surface area contributed by atoms with Crippen molar-refractivity contribution in [1.29, 1.82) is 0 Å². The molecule has 1 aliphatic rings. The van der Waals surface area contributed by atoms with Crippen molar-refractivity contribution < 1.29 is 4.74 Å². The molecule has 1 fully saturated rings. The van der Waals surface area contributed by atoms with Gasteiger partial charge in [-0.25, -0.2) is 0 Å². The van der Waals surface area contributed by atoms with Gasteiger partial charge in [0.25, 0.3) is 0 Å². The molecule has 2 N–H and O–H groups in total. The molecular formula is C19H31NO. The fourth-order valence-electron chi connectivity index (χ4n) is 3.67. The number of hydrogen-bond acceptors (Lipinski definition) is 2. The molecule has 0 amide bonds. The summed E-state index contributed by atoms with van der Waals surface area (Å²) in [7, 11) is 0. The largest absolute Gasteiger partial charge is 0.375 e. The third-order valence-electron chi connectivity index (χ3n) is 4.71. The highest BCUT2D eigenvalue weighted by molar-refractivity contribution is 5.20. The van der Waals surface area contributed by atoms with Crippen LogP contribution in [-0.2, 0) is 4.74 Å². The van der Waals surface area contributed by atoms with Crippen molar-refractivity contribution >= 4 is 0 Å². The fraction of sp³-hybridized carbons (Fsp3) is 0.684. The topological polar surface area (TPSA) is 35.2 Å². The second kappa shape index (κ2) is 7.95. The first-order valence-corrected chi connectivity index (χ1v) is 8.50. The monoisotopic (exact) mass is 289 g/mol. The third-order valence-corrected chi connectivity index (χ3v) is 4.71. The lowest BCUT2D eigenvalue weighted by molar-refractivity contribution is -0.0608. The van der Waals surface area contributed by atoms with Crippen LogP contribution in [-0.4, -0.2) is 18.8 Å². The summed E-state index contributed by atoms with van der Waals surface area (Å²) in [6.45, 7) is 7.47. The van der Waals surface area contributed by atoms with Gasteiger partial charge in [0.05, 0.1) is 12.2 Å². The third kappa shape index (κ3) is 4.82. The maximum absolute atomic E-state index is 6.38. The Balaban J connectivity index is 1.99. The van der Waals surface area contributed by atoms with E-state index >= 15 is 0 Å². The highest BCUT2D eigenvalue weighted by Crippen LogP contribution is 2.37. The van der Waals surface area contributed by atoms with Crippen LogP contribution in [0.4, 0.5) is 0 Å². The zero-order valence-corrected chi connectivity index (χ0v) is 13.8. The predicted molar refractivity (Wildman–Crippen MR) is 89.4 cm³/mol. The number of benzene rings is 1. The van der Waals surface area contributed by atoms with Gasteiger partial charge in [0.15, 0.2) is 0 Å². The second-order valence-corrected chi connectivity index (χ2v) is 7.03. The Morgan fingerprint density at radius 2 is 1.86 bits per heavy atom. The van der Waals surface area contributed by atoms with E-state index in [1.54, 1.807) is 0 Å². The smallest absolute Gasteiger partial charge is 0.0624 e. The van der Waals surface area contributed by atoms with E-state index in [0.717, 1.165) is 19.4 Å². The van der Waals surface area contributed by atoms with E-state index < -0.39 is 0 Å². The van der Waals surface area contributed by atoms with Gasteiger partial charge in [-0.3, -0.25) is 0 Å². The molecule has 1 aromatic carbocycles. The molecule has 4 atom stereocenters. The van der Waals surface area contributed by atoms with Crippen LogP contribution in [0.3, 0.4) is 0 Å². The van der Waals surface area contributed by atoms with E-state index in [0.29, 0.717) is 30.0 Å². The van der Waals surface area contributed by atoms with Gasteiger partial charge in [-0.1, -0.05) is 44.2 Å². The van der Waals surface area contributed by atoms with Gasteiger partial charge in [0.2, 0.25) is 0 Å². The van der Waals surface area contributed by atoms with Gasteiger partial charge in [-0.15, -0.1) is 0 Å². The van der Waals surface area contributed by atoms with Crippen LogP contribution in [0.1, 0.15) is 57.9 Å².